The number of benzene rings is 1. The van der Waals surface area contributed by atoms with Crippen molar-refractivity contribution in [1.29, 1.82) is 0 Å². The minimum Gasteiger partial charge on any atom is -0.378 e. The molecule has 1 aromatic carbocycles. The van der Waals surface area contributed by atoms with Gasteiger partial charge in [-0.1, -0.05) is 5.92 Å². The normalized spacial score (nSPS) is 24.9. The summed E-state index contributed by atoms with van der Waals surface area (Å²) in [5, 5.41) is 17.5. The molecule has 3 rings (SSSR count). The number of nitrogens with zero attached hydrogens (tertiary/aromatic N) is 3. The van der Waals surface area contributed by atoms with Gasteiger partial charge in [-0.05, 0) is 54.2 Å². The fourth-order valence-electron chi connectivity index (χ4n) is 2.90. The third kappa shape index (κ3) is 2.55. The summed E-state index contributed by atoms with van der Waals surface area (Å²) in [5.74, 6) is 2.36. The molecule has 1 N–H and O–H groups in total. The molecule has 0 bridgehead atoms. The lowest BCUT2D eigenvalue weighted by molar-refractivity contribution is 0.0281. The molecular formula is C16H17N3O3. The summed E-state index contributed by atoms with van der Waals surface area (Å²) in [6, 6.07) is 5.18. The lowest BCUT2D eigenvalue weighted by Crippen LogP contribution is -2.43. The van der Waals surface area contributed by atoms with Gasteiger partial charge in [0, 0.05) is 18.7 Å². The summed E-state index contributed by atoms with van der Waals surface area (Å²) in [7, 11) is 1.78. The second kappa shape index (κ2) is 5.43. The predicted octanol–water partition coefficient (Wildman–Crippen LogP) is 1.60. The number of carbonyl (C=O) groups excluding carboxylic acids is 1. The van der Waals surface area contributed by atoms with E-state index in [4.69, 9.17) is 6.42 Å². The van der Waals surface area contributed by atoms with Gasteiger partial charge in [0.05, 0.1) is 0 Å². The SMILES string of the molecule is C#C[C@]1(O)CC[C@H](N(C)C(=O)c2ccc3nonc3c2)CC1. The zero-order valence-corrected chi connectivity index (χ0v) is 12.3. The first-order valence-electron chi connectivity index (χ1n) is 7.22. The van der Waals surface area contributed by atoms with E-state index >= 15 is 0 Å². The predicted molar refractivity (Wildman–Crippen MR) is 79.9 cm³/mol. The van der Waals surface area contributed by atoms with Gasteiger partial charge in [0.15, 0.2) is 0 Å². The van der Waals surface area contributed by atoms with Gasteiger partial charge in [0.1, 0.15) is 16.6 Å². The molecule has 0 radical (unpaired) electrons. The van der Waals surface area contributed by atoms with Crippen LogP contribution in [0.2, 0.25) is 0 Å². The van der Waals surface area contributed by atoms with Crippen LogP contribution in [0.1, 0.15) is 36.0 Å². The van der Waals surface area contributed by atoms with E-state index < -0.39 is 5.60 Å². The lowest BCUT2D eigenvalue weighted by Gasteiger charge is -2.37. The van der Waals surface area contributed by atoms with E-state index in [1.54, 1.807) is 30.1 Å². The number of aliphatic hydroxyl groups is 1. The van der Waals surface area contributed by atoms with E-state index in [0.29, 0.717) is 42.3 Å². The largest absolute Gasteiger partial charge is 0.378 e. The maximum absolute atomic E-state index is 12.6. The van der Waals surface area contributed by atoms with Crippen LogP contribution in [0.15, 0.2) is 22.8 Å². The van der Waals surface area contributed by atoms with Gasteiger partial charge in [0.2, 0.25) is 0 Å². The minimum atomic E-state index is -1.02. The molecule has 1 heterocycles. The van der Waals surface area contributed by atoms with Crippen LogP contribution in [0.3, 0.4) is 0 Å². The van der Waals surface area contributed by atoms with E-state index in [9.17, 15) is 9.90 Å². The van der Waals surface area contributed by atoms with E-state index in [0.717, 1.165) is 0 Å². The number of rotatable bonds is 2. The highest BCUT2D eigenvalue weighted by atomic mass is 16.6. The van der Waals surface area contributed by atoms with Crippen LogP contribution in [0.4, 0.5) is 0 Å². The van der Waals surface area contributed by atoms with Crippen LogP contribution in [-0.4, -0.2) is 44.9 Å². The number of carbonyl (C=O) groups is 1. The first-order valence-corrected chi connectivity index (χ1v) is 7.22. The number of terminal acetylenes is 1. The van der Waals surface area contributed by atoms with Crippen LogP contribution in [0.25, 0.3) is 11.0 Å². The van der Waals surface area contributed by atoms with Crippen molar-refractivity contribution in [3.63, 3.8) is 0 Å². The van der Waals surface area contributed by atoms with Crippen LogP contribution >= 0.6 is 0 Å². The van der Waals surface area contributed by atoms with Gasteiger partial charge < -0.3 is 10.0 Å². The van der Waals surface area contributed by atoms with Gasteiger partial charge >= 0.3 is 0 Å². The molecule has 1 saturated carbocycles. The van der Waals surface area contributed by atoms with Crippen LogP contribution in [0, 0.1) is 12.3 Å². The van der Waals surface area contributed by atoms with Gasteiger partial charge in [-0.25, -0.2) is 4.63 Å². The molecular weight excluding hydrogens is 282 g/mol. The molecule has 1 aromatic heterocycles. The highest BCUT2D eigenvalue weighted by Gasteiger charge is 2.34. The molecule has 2 aromatic rings. The summed E-state index contributed by atoms with van der Waals surface area (Å²) in [6.07, 6.45) is 7.76. The van der Waals surface area contributed by atoms with E-state index in [1.807, 2.05) is 0 Å². The summed E-state index contributed by atoms with van der Waals surface area (Å²) in [4.78, 5) is 14.3. The maximum atomic E-state index is 12.6. The van der Waals surface area contributed by atoms with E-state index in [1.165, 1.54) is 0 Å². The third-order valence-corrected chi connectivity index (χ3v) is 4.42. The van der Waals surface area contributed by atoms with Crippen molar-refractivity contribution in [2.45, 2.75) is 37.3 Å². The smallest absolute Gasteiger partial charge is 0.253 e. The highest BCUT2D eigenvalue weighted by molar-refractivity contribution is 5.97. The molecule has 0 atom stereocenters. The van der Waals surface area contributed by atoms with Crippen molar-refractivity contribution in [3.05, 3.63) is 23.8 Å². The quantitative estimate of drug-likeness (QED) is 0.852. The average molecular weight is 299 g/mol. The summed E-state index contributed by atoms with van der Waals surface area (Å²) in [6.45, 7) is 0. The highest BCUT2D eigenvalue weighted by Crippen LogP contribution is 2.30. The lowest BCUT2D eigenvalue weighted by atomic mass is 9.82. The molecule has 1 aliphatic rings. The molecule has 6 heteroatoms. The minimum absolute atomic E-state index is 0.0762. The monoisotopic (exact) mass is 299 g/mol. The number of aromatic nitrogens is 2. The van der Waals surface area contributed by atoms with Gasteiger partial charge in [-0.3, -0.25) is 4.79 Å². The second-order valence-corrected chi connectivity index (χ2v) is 5.79. The fraction of sp³-hybridized carbons (Fsp3) is 0.438. The number of amides is 1. The van der Waals surface area contributed by atoms with Crippen molar-refractivity contribution in [3.8, 4) is 12.3 Å². The molecule has 0 spiro atoms. The molecule has 1 aliphatic carbocycles. The standard InChI is InChI=1S/C16H17N3O3/c1-3-16(21)8-6-12(7-9-16)19(2)15(20)11-4-5-13-14(10-11)18-22-17-13/h1,4-5,10,12,21H,6-9H2,2H3/t12-,16-. The Kier molecular flexibility index (Phi) is 3.59. The number of hydrogen-bond donors (Lipinski definition) is 1. The molecule has 0 saturated heterocycles. The Balaban J connectivity index is 1.73. The van der Waals surface area contributed by atoms with Gasteiger partial charge in [-0.15, -0.1) is 6.42 Å². The summed E-state index contributed by atoms with van der Waals surface area (Å²) < 4.78 is 4.64. The second-order valence-electron chi connectivity index (χ2n) is 5.79. The Labute approximate surface area is 128 Å². The van der Waals surface area contributed by atoms with Crippen molar-refractivity contribution in [1.82, 2.24) is 15.2 Å². The molecule has 114 valence electrons. The molecule has 6 nitrogen and oxygen atoms in total. The molecule has 0 unspecified atom stereocenters. The maximum Gasteiger partial charge on any atom is 0.253 e. The van der Waals surface area contributed by atoms with Crippen molar-refractivity contribution in [2.75, 3.05) is 7.05 Å². The molecule has 0 aliphatic heterocycles. The van der Waals surface area contributed by atoms with Crippen LogP contribution in [0.5, 0.6) is 0 Å². The summed E-state index contributed by atoms with van der Waals surface area (Å²) >= 11 is 0. The van der Waals surface area contributed by atoms with Gasteiger partial charge in [-0.2, -0.15) is 0 Å². The van der Waals surface area contributed by atoms with Crippen molar-refractivity contribution < 1.29 is 14.5 Å². The van der Waals surface area contributed by atoms with Crippen molar-refractivity contribution >= 4 is 16.9 Å². The third-order valence-electron chi connectivity index (χ3n) is 4.42. The number of fused-ring (bicyclic) bond motifs is 1. The Bertz CT molecular complexity index is 738. The van der Waals surface area contributed by atoms with Gasteiger partial charge in [0.25, 0.3) is 5.91 Å². The van der Waals surface area contributed by atoms with E-state index in [2.05, 4.69) is 20.9 Å². The average Bonchev–Trinajstić information content (AvgIpc) is 3.02. The Morgan fingerprint density at radius 1 is 1.41 bits per heavy atom. The van der Waals surface area contributed by atoms with Crippen LogP contribution in [-0.2, 0) is 0 Å². The van der Waals surface area contributed by atoms with E-state index in [-0.39, 0.29) is 11.9 Å². The fourth-order valence-corrected chi connectivity index (χ4v) is 2.90. The molecule has 22 heavy (non-hydrogen) atoms. The Hall–Kier alpha value is -2.39. The topological polar surface area (TPSA) is 79.5 Å². The zero-order valence-electron chi connectivity index (χ0n) is 12.3. The zero-order chi connectivity index (χ0) is 15.7. The summed E-state index contributed by atoms with van der Waals surface area (Å²) in [5.41, 5.74) is 0.704. The first kappa shape index (κ1) is 14.5. The Morgan fingerprint density at radius 2 is 2.09 bits per heavy atom. The molecule has 1 amide bonds. The number of hydrogen-bond acceptors (Lipinski definition) is 5. The van der Waals surface area contributed by atoms with Crippen LogP contribution < -0.4 is 0 Å². The Morgan fingerprint density at radius 3 is 2.77 bits per heavy atom. The van der Waals surface area contributed by atoms with Crippen molar-refractivity contribution in [2.24, 2.45) is 0 Å². The molecule has 1 fully saturated rings. The first-order chi connectivity index (χ1) is 10.5.